The number of hydrogen-bond donors (Lipinski definition) is 1. The van der Waals surface area contributed by atoms with E-state index < -0.39 is 0 Å². The van der Waals surface area contributed by atoms with Crippen molar-refractivity contribution in [3.05, 3.63) is 65.2 Å². The van der Waals surface area contributed by atoms with Gasteiger partial charge in [-0.05, 0) is 67.9 Å². The zero-order chi connectivity index (χ0) is 22.8. The van der Waals surface area contributed by atoms with Crippen LogP contribution in [0.4, 0.5) is 4.79 Å². The fraction of sp³-hybridized carbons (Fsp3) is 0.481. The second kappa shape index (κ2) is 9.46. The summed E-state index contributed by atoms with van der Waals surface area (Å²) in [5, 5.41) is 3.11. The molecule has 1 N–H and O–H groups in total. The van der Waals surface area contributed by atoms with Crippen molar-refractivity contribution in [3.63, 3.8) is 0 Å². The number of amides is 3. The van der Waals surface area contributed by atoms with Crippen molar-refractivity contribution in [2.24, 2.45) is 5.92 Å². The van der Waals surface area contributed by atoms with Crippen LogP contribution >= 0.6 is 0 Å². The van der Waals surface area contributed by atoms with Gasteiger partial charge in [-0.1, -0.05) is 36.4 Å². The van der Waals surface area contributed by atoms with Crippen LogP contribution in [0.3, 0.4) is 0 Å². The van der Waals surface area contributed by atoms with Crippen LogP contribution in [-0.2, 0) is 17.6 Å². The first-order chi connectivity index (χ1) is 16.2. The zero-order valence-corrected chi connectivity index (χ0v) is 19.3. The van der Waals surface area contributed by atoms with E-state index in [9.17, 15) is 9.59 Å². The van der Waals surface area contributed by atoms with Gasteiger partial charge in [0, 0.05) is 25.7 Å². The first kappa shape index (κ1) is 21.8. The standard InChI is InChI=1S/C27H33N3O3/c1-2-33-21-10-11-22-20(17-21)13-16-29-24(22)18-25-23(26(29)31)9-6-15-30(25)27(32)28-14-12-19-7-4-3-5-8-19/h3-5,7-8,10-11,17,23-25H,2,6,9,12-16,18H2,1H3,(H,28,32)/t23-,24+,25-/m1/s1. The highest BCUT2D eigenvalue weighted by Crippen LogP contribution is 2.44. The van der Waals surface area contributed by atoms with Crippen LogP contribution in [0.1, 0.15) is 48.9 Å². The van der Waals surface area contributed by atoms with Crippen molar-refractivity contribution in [2.75, 3.05) is 26.2 Å². The van der Waals surface area contributed by atoms with Gasteiger partial charge in [0.1, 0.15) is 5.75 Å². The van der Waals surface area contributed by atoms with E-state index in [-0.39, 0.29) is 29.9 Å². The molecule has 6 nitrogen and oxygen atoms in total. The number of benzene rings is 2. The van der Waals surface area contributed by atoms with E-state index in [4.69, 9.17) is 4.74 Å². The van der Waals surface area contributed by atoms with Crippen molar-refractivity contribution in [2.45, 2.75) is 51.1 Å². The van der Waals surface area contributed by atoms with Gasteiger partial charge in [0.25, 0.3) is 0 Å². The maximum absolute atomic E-state index is 13.5. The number of nitrogens with zero attached hydrogens (tertiary/aromatic N) is 2. The lowest BCUT2D eigenvalue weighted by Crippen LogP contribution is -2.61. The predicted molar refractivity (Wildman–Crippen MR) is 127 cm³/mol. The molecule has 0 saturated carbocycles. The van der Waals surface area contributed by atoms with Crippen LogP contribution < -0.4 is 10.1 Å². The van der Waals surface area contributed by atoms with Gasteiger partial charge in [-0.3, -0.25) is 4.79 Å². The van der Waals surface area contributed by atoms with Gasteiger partial charge >= 0.3 is 6.03 Å². The average molecular weight is 448 g/mol. The molecule has 2 aromatic carbocycles. The van der Waals surface area contributed by atoms with E-state index in [1.165, 1.54) is 16.7 Å². The van der Waals surface area contributed by atoms with Crippen LogP contribution in [-0.4, -0.2) is 54.0 Å². The quantitative estimate of drug-likeness (QED) is 0.755. The number of nitrogens with one attached hydrogen (secondary N) is 1. The van der Waals surface area contributed by atoms with Crippen molar-refractivity contribution in [1.29, 1.82) is 0 Å². The summed E-state index contributed by atoms with van der Waals surface area (Å²) in [6.07, 6.45) is 4.23. The summed E-state index contributed by atoms with van der Waals surface area (Å²) in [4.78, 5) is 30.6. The van der Waals surface area contributed by atoms with Gasteiger partial charge in [0.05, 0.1) is 18.6 Å². The number of carbonyl (C=O) groups excluding carboxylic acids is 2. The number of piperidine rings is 2. The fourth-order valence-corrected chi connectivity index (χ4v) is 5.85. The third-order valence-corrected chi connectivity index (χ3v) is 7.42. The van der Waals surface area contributed by atoms with E-state index in [0.29, 0.717) is 19.7 Å². The Morgan fingerprint density at radius 1 is 1.15 bits per heavy atom. The first-order valence-electron chi connectivity index (χ1n) is 12.3. The van der Waals surface area contributed by atoms with Gasteiger partial charge in [-0.15, -0.1) is 0 Å². The maximum Gasteiger partial charge on any atom is 0.317 e. The lowest BCUT2D eigenvalue weighted by Gasteiger charge is -2.51. The summed E-state index contributed by atoms with van der Waals surface area (Å²) in [6.45, 7) is 4.70. The van der Waals surface area contributed by atoms with E-state index in [1.807, 2.05) is 36.1 Å². The fourth-order valence-electron chi connectivity index (χ4n) is 5.85. The normalized spacial score (nSPS) is 23.9. The molecule has 3 atom stereocenters. The van der Waals surface area contributed by atoms with Crippen molar-refractivity contribution in [1.82, 2.24) is 15.1 Å². The molecule has 0 bridgehead atoms. The van der Waals surface area contributed by atoms with E-state index in [0.717, 1.165) is 44.4 Å². The molecule has 0 aliphatic carbocycles. The molecule has 0 unspecified atom stereocenters. The molecule has 2 saturated heterocycles. The minimum Gasteiger partial charge on any atom is -0.494 e. The molecular formula is C27H33N3O3. The van der Waals surface area contributed by atoms with E-state index >= 15 is 0 Å². The van der Waals surface area contributed by atoms with Crippen molar-refractivity contribution >= 4 is 11.9 Å². The van der Waals surface area contributed by atoms with Gasteiger partial charge < -0.3 is 19.9 Å². The molecule has 3 aliphatic heterocycles. The molecule has 6 heteroatoms. The highest BCUT2D eigenvalue weighted by Gasteiger charge is 2.48. The highest BCUT2D eigenvalue weighted by molar-refractivity contribution is 5.83. The highest BCUT2D eigenvalue weighted by atomic mass is 16.5. The number of urea groups is 1. The summed E-state index contributed by atoms with van der Waals surface area (Å²) >= 11 is 0. The molecule has 0 spiro atoms. The average Bonchev–Trinajstić information content (AvgIpc) is 2.84. The molecule has 174 valence electrons. The Labute approximate surface area is 195 Å². The number of hydrogen-bond acceptors (Lipinski definition) is 3. The molecule has 0 radical (unpaired) electrons. The topological polar surface area (TPSA) is 61.9 Å². The van der Waals surface area contributed by atoms with E-state index in [2.05, 4.69) is 34.5 Å². The summed E-state index contributed by atoms with van der Waals surface area (Å²) in [5.41, 5.74) is 3.69. The Morgan fingerprint density at radius 2 is 2.00 bits per heavy atom. The zero-order valence-electron chi connectivity index (χ0n) is 19.3. The third kappa shape index (κ3) is 4.31. The monoisotopic (exact) mass is 447 g/mol. The molecule has 5 rings (SSSR count). The number of likely N-dealkylation sites (tertiary alicyclic amines) is 1. The van der Waals surface area contributed by atoms with Gasteiger partial charge in [-0.25, -0.2) is 4.79 Å². The molecule has 3 heterocycles. The van der Waals surface area contributed by atoms with Crippen LogP contribution in [0.15, 0.2) is 48.5 Å². The van der Waals surface area contributed by atoms with Crippen LogP contribution in [0.5, 0.6) is 5.75 Å². The number of ether oxygens (including phenoxy) is 1. The molecule has 3 amide bonds. The van der Waals surface area contributed by atoms with Crippen molar-refractivity contribution in [3.8, 4) is 5.75 Å². The third-order valence-electron chi connectivity index (χ3n) is 7.42. The smallest absolute Gasteiger partial charge is 0.317 e. The SMILES string of the molecule is CCOc1ccc2c(c1)CCN1C(=O)[C@@H]3CCCN(C(=O)NCCc4ccccc4)[C@@H]3C[C@@H]21. The van der Waals surface area contributed by atoms with E-state index in [1.54, 1.807) is 0 Å². The number of carbonyl (C=O) groups is 2. The Hall–Kier alpha value is -3.02. The van der Waals surface area contributed by atoms with Gasteiger partial charge in [0.15, 0.2) is 0 Å². The van der Waals surface area contributed by atoms with Crippen LogP contribution in [0.2, 0.25) is 0 Å². The number of fused-ring (bicyclic) bond motifs is 4. The first-order valence-corrected chi connectivity index (χ1v) is 12.3. The molecule has 0 aromatic heterocycles. The Bertz CT molecular complexity index is 1010. The Kier molecular flexibility index (Phi) is 6.25. The largest absolute Gasteiger partial charge is 0.494 e. The van der Waals surface area contributed by atoms with Crippen LogP contribution in [0, 0.1) is 5.92 Å². The number of rotatable bonds is 5. The molecule has 33 heavy (non-hydrogen) atoms. The maximum atomic E-state index is 13.5. The predicted octanol–water partition coefficient (Wildman–Crippen LogP) is 3.95. The van der Waals surface area contributed by atoms with Crippen molar-refractivity contribution < 1.29 is 14.3 Å². The summed E-state index contributed by atoms with van der Waals surface area (Å²) < 4.78 is 5.69. The minimum absolute atomic E-state index is 0.0374. The lowest BCUT2D eigenvalue weighted by atomic mass is 9.76. The summed E-state index contributed by atoms with van der Waals surface area (Å²) in [6, 6.07) is 16.4. The molecule has 2 aromatic rings. The lowest BCUT2D eigenvalue weighted by molar-refractivity contribution is -0.148. The van der Waals surface area contributed by atoms with Gasteiger partial charge in [0.2, 0.25) is 5.91 Å². The second-order valence-corrected chi connectivity index (χ2v) is 9.30. The van der Waals surface area contributed by atoms with Gasteiger partial charge in [-0.2, -0.15) is 0 Å². The molecule has 3 aliphatic rings. The second-order valence-electron chi connectivity index (χ2n) is 9.30. The molecule has 2 fully saturated rings. The Morgan fingerprint density at radius 3 is 2.82 bits per heavy atom. The summed E-state index contributed by atoms with van der Waals surface area (Å²) in [7, 11) is 0. The Balaban J connectivity index is 1.31. The summed E-state index contributed by atoms with van der Waals surface area (Å²) in [5.74, 6) is 1.03. The molecular weight excluding hydrogens is 414 g/mol. The minimum atomic E-state index is -0.0841. The van der Waals surface area contributed by atoms with Crippen LogP contribution in [0.25, 0.3) is 0 Å².